The molecule has 0 N–H and O–H groups in total. The molecule has 1 aliphatic rings. The van der Waals surface area contributed by atoms with Gasteiger partial charge in [0.2, 0.25) is 0 Å². The van der Waals surface area contributed by atoms with Crippen molar-refractivity contribution in [1.29, 1.82) is 0 Å². The third-order valence-electron chi connectivity index (χ3n) is 3.20. The minimum atomic E-state index is -0.282. The molecule has 0 saturated heterocycles. The molecule has 0 bridgehead atoms. The highest BCUT2D eigenvalue weighted by molar-refractivity contribution is 6.31. The predicted molar refractivity (Wildman–Crippen MR) is 73.9 cm³/mol. The Labute approximate surface area is 115 Å². The third kappa shape index (κ3) is 2.32. The number of hydrogen-bond acceptors (Lipinski definition) is 1. The van der Waals surface area contributed by atoms with Crippen LogP contribution in [0.1, 0.15) is 21.5 Å². The fraction of sp³-hybridized carbons (Fsp3) is 0.0625. The van der Waals surface area contributed by atoms with Gasteiger partial charge < -0.3 is 0 Å². The molecule has 0 amide bonds. The summed E-state index contributed by atoms with van der Waals surface area (Å²) in [5.74, 6) is -0.258. The van der Waals surface area contributed by atoms with Gasteiger partial charge in [0, 0.05) is 22.6 Å². The van der Waals surface area contributed by atoms with Crippen molar-refractivity contribution >= 4 is 23.5 Å². The summed E-state index contributed by atoms with van der Waals surface area (Å²) < 4.78 is 12.8. The van der Waals surface area contributed by atoms with Gasteiger partial charge in [-0.2, -0.15) is 0 Å². The summed E-state index contributed by atoms with van der Waals surface area (Å²) in [5, 5.41) is 0.634. The van der Waals surface area contributed by atoms with Crippen LogP contribution < -0.4 is 0 Å². The summed E-state index contributed by atoms with van der Waals surface area (Å²) in [4.78, 5) is 12.2. The van der Waals surface area contributed by atoms with Crippen LogP contribution in [0.3, 0.4) is 0 Å². The van der Waals surface area contributed by atoms with Crippen molar-refractivity contribution in [1.82, 2.24) is 0 Å². The van der Waals surface area contributed by atoms with E-state index >= 15 is 0 Å². The zero-order valence-corrected chi connectivity index (χ0v) is 10.7. The summed E-state index contributed by atoms with van der Waals surface area (Å²) in [6.07, 6.45) is 2.38. The summed E-state index contributed by atoms with van der Waals surface area (Å²) in [5.41, 5.74) is 3.19. The van der Waals surface area contributed by atoms with Gasteiger partial charge in [0.05, 0.1) is 0 Å². The highest BCUT2D eigenvalue weighted by Crippen LogP contribution is 2.29. The van der Waals surface area contributed by atoms with Gasteiger partial charge in [0.1, 0.15) is 5.82 Å². The normalized spacial score (nSPS) is 15.9. The number of halogens is 2. The number of carbonyl (C=O) groups excluding carboxylic acids is 1. The Morgan fingerprint density at radius 2 is 1.84 bits per heavy atom. The van der Waals surface area contributed by atoms with Crippen molar-refractivity contribution in [3.8, 4) is 0 Å². The molecule has 94 valence electrons. The monoisotopic (exact) mass is 272 g/mol. The lowest BCUT2D eigenvalue weighted by molar-refractivity contribution is 0.104. The lowest BCUT2D eigenvalue weighted by atomic mass is 10.1. The molecule has 0 fully saturated rings. The van der Waals surface area contributed by atoms with Crippen molar-refractivity contribution in [2.45, 2.75) is 6.42 Å². The van der Waals surface area contributed by atoms with E-state index in [1.54, 1.807) is 30.3 Å². The van der Waals surface area contributed by atoms with Gasteiger partial charge in [0.15, 0.2) is 5.78 Å². The van der Waals surface area contributed by atoms with E-state index in [2.05, 4.69) is 0 Å². The first kappa shape index (κ1) is 12.1. The number of carbonyl (C=O) groups is 1. The smallest absolute Gasteiger partial charge is 0.189 e. The fourth-order valence-electron chi connectivity index (χ4n) is 2.27. The van der Waals surface area contributed by atoms with Crippen molar-refractivity contribution < 1.29 is 9.18 Å². The first-order valence-electron chi connectivity index (χ1n) is 5.93. The maximum absolute atomic E-state index is 12.8. The molecule has 3 heteroatoms. The highest BCUT2D eigenvalue weighted by Gasteiger charge is 2.24. The molecule has 0 spiro atoms. The van der Waals surface area contributed by atoms with E-state index in [1.165, 1.54) is 12.1 Å². The van der Waals surface area contributed by atoms with E-state index in [-0.39, 0.29) is 11.6 Å². The molecule has 2 aromatic rings. The van der Waals surface area contributed by atoms with Crippen LogP contribution in [-0.2, 0) is 6.42 Å². The topological polar surface area (TPSA) is 17.1 Å². The second-order valence-corrected chi connectivity index (χ2v) is 4.96. The molecule has 0 aromatic heterocycles. The average Bonchev–Trinajstić information content (AvgIpc) is 2.68. The summed E-state index contributed by atoms with van der Waals surface area (Å²) in [7, 11) is 0. The molecular formula is C16H10ClFO. The molecule has 1 nitrogen and oxygen atoms in total. The number of rotatable bonds is 1. The molecule has 2 aromatic carbocycles. The molecular weight excluding hydrogens is 263 g/mol. The first-order chi connectivity index (χ1) is 9.13. The first-order valence-corrected chi connectivity index (χ1v) is 6.30. The predicted octanol–water partition coefficient (Wildman–Crippen LogP) is 4.30. The molecule has 3 rings (SSSR count). The van der Waals surface area contributed by atoms with Crippen LogP contribution >= 0.6 is 11.6 Å². The zero-order valence-electron chi connectivity index (χ0n) is 9.99. The Balaban J connectivity index is 1.97. The maximum Gasteiger partial charge on any atom is 0.189 e. The van der Waals surface area contributed by atoms with Gasteiger partial charge in [-0.1, -0.05) is 23.7 Å². The minimum Gasteiger partial charge on any atom is -0.289 e. The molecule has 0 aliphatic heterocycles. The SMILES string of the molecule is O=C1C(=Cc2ccc(F)cc2)Cc2cc(Cl)ccc21. The van der Waals surface area contributed by atoms with Crippen molar-refractivity contribution in [3.05, 3.63) is 75.6 Å². The number of Topliss-reactive ketones (excluding diaryl/α,β-unsaturated/α-hetero) is 1. The minimum absolute atomic E-state index is 0.0241. The highest BCUT2D eigenvalue weighted by atomic mass is 35.5. The Bertz CT molecular complexity index is 686. The molecule has 1 aliphatic carbocycles. The Morgan fingerprint density at radius 3 is 2.58 bits per heavy atom. The second-order valence-electron chi connectivity index (χ2n) is 4.53. The van der Waals surface area contributed by atoms with E-state index in [4.69, 9.17) is 11.6 Å². The Hall–Kier alpha value is -1.93. The van der Waals surface area contributed by atoms with Crippen LogP contribution in [0.5, 0.6) is 0 Å². The van der Waals surface area contributed by atoms with E-state index < -0.39 is 0 Å². The second kappa shape index (κ2) is 4.63. The molecule has 0 saturated carbocycles. The number of fused-ring (bicyclic) bond motifs is 1. The van der Waals surface area contributed by atoms with Crippen LogP contribution in [0.2, 0.25) is 5.02 Å². The van der Waals surface area contributed by atoms with Crippen molar-refractivity contribution in [2.75, 3.05) is 0 Å². The van der Waals surface area contributed by atoms with Gasteiger partial charge in [-0.05, 0) is 47.5 Å². The third-order valence-corrected chi connectivity index (χ3v) is 3.43. The van der Waals surface area contributed by atoms with Gasteiger partial charge >= 0.3 is 0 Å². The number of hydrogen-bond donors (Lipinski definition) is 0. The summed E-state index contributed by atoms with van der Waals surface area (Å²) in [6, 6.07) is 11.4. The van der Waals surface area contributed by atoms with Crippen molar-refractivity contribution in [3.63, 3.8) is 0 Å². The number of ketones is 1. The molecule has 19 heavy (non-hydrogen) atoms. The Morgan fingerprint density at radius 1 is 1.11 bits per heavy atom. The number of allylic oxidation sites excluding steroid dienone is 1. The maximum atomic E-state index is 12.8. The lowest BCUT2D eigenvalue weighted by Crippen LogP contribution is -1.95. The van der Waals surface area contributed by atoms with Crippen LogP contribution in [0.25, 0.3) is 6.08 Å². The van der Waals surface area contributed by atoms with E-state index in [0.717, 1.165) is 11.1 Å². The van der Waals surface area contributed by atoms with Crippen LogP contribution in [0.15, 0.2) is 48.0 Å². The molecule has 0 heterocycles. The van der Waals surface area contributed by atoms with Crippen LogP contribution in [-0.4, -0.2) is 5.78 Å². The van der Waals surface area contributed by atoms with Gasteiger partial charge in [-0.25, -0.2) is 4.39 Å². The molecule has 0 radical (unpaired) electrons. The number of benzene rings is 2. The standard InChI is InChI=1S/C16H10ClFO/c17-13-3-6-15-11(9-13)8-12(16(15)19)7-10-1-4-14(18)5-2-10/h1-7,9H,8H2. The summed E-state index contributed by atoms with van der Waals surface area (Å²) >= 11 is 5.92. The van der Waals surface area contributed by atoms with E-state index in [9.17, 15) is 9.18 Å². The van der Waals surface area contributed by atoms with Gasteiger partial charge in [-0.15, -0.1) is 0 Å². The largest absolute Gasteiger partial charge is 0.289 e. The quantitative estimate of drug-likeness (QED) is 0.707. The average molecular weight is 273 g/mol. The lowest BCUT2D eigenvalue weighted by Gasteiger charge is -1.96. The molecule has 0 unspecified atom stereocenters. The molecule has 0 atom stereocenters. The fourth-order valence-corrected chi connectivity index (χ4v) is 2.46. The Kier molecular flexibility index (Phi) is 2.96. The van der Waals surface area contributed by atoms with Gasteiger partial charge in [-0.3, -0.25) is 4.79 Å². The van der Waals surface area contributed by atoms with Crippen LogP contribution in [0.4, 0.5) is 4.39 Å². The van der Waals surface area contributed by atoms with Gasteiger partial charge in [0.25, 0.3) is 0 Å². The van der Waals surface area contributed by atoms with E-state index in [0.29, 0.717) is 22.6 Å². The summed E-state index contributed by atoms with van der Waals surface area (Å²) in [6.45, 7) is 0. The van der Waals surface area contributed by atoms with Crippen molar-refractivity contribution in [2.24, 2.45) is 0 Å². The van der Waals surface area contributed by atoms with E-state index in [1.807, 2.05) is 6.07 Å². The van der Waals surface area contributed by atoms with Crippen LogP contribution in [0, 0.1) is 5.82 Å². The zero-order chi connectivity index (χ0) is 13.4.